The van der Waals surface area contributed by atoms with Gasteiger partial charge in [0.25, 0.3) is 0 Å². The van der Waals surface area contributed by atoms with E-state index in [1.165, 1.54) is 0 Å². The Labute approximate surface area is 162 Å². The van der Waals surface area contributed by atoms with Crippen molar-refractivity contribution < 1.29 is 4.74 Å². The Morgan fingerprint density at radius 1 is 1.11 bits per heavy atom. The van der Waals surface area contributed by atoms with Gasteiger partial charge in [0.1, 0.15) is 23.4 Å². The number of aryl methyl sites for hydroxylation is 2. The molecule has 0 bridgehead atoms. The number of nitrogens with zero attached hydrogens (tertiary/aromatic N) is 4. The summed E-state index contributed by atoms with van der Waals surface area (Å²) in [5, 5.41) is 23.9. The van der Waals surface area contributed by atoms with Crippen LogP contribution in [0.2, 0.25) is 0 Å². The van der Waals surface area contributed by atoms with Crippen LogP contribution >= 0.6 is 0 Å². The summed E-state index contributed by atoms with van der Waals surface area (Å²) < 4.78 is 7.56. The highest BCUT2D eigenvalue weighted by Crippen LogP contribution is 2.46. The topological polar surface area (TPSA) is 116 Å². The highest BCUT2D eigenvalue weighted by molar-refractivity contribution is 5.60. The third kappa shape index (κ3) is 2.38. The number of H-pyrrole nitrogens is 1. The first-order chi connectivity index (χ1) is 13.5. The third-order valence-corrected chi connectivity index (χ3v) is 5.13. The molecule has 3 heterocycles. The smallest absolute Gasteiger partial charge is 0.229 e. The molecule has 0 radical (unpaired) electrons. The molecular weight excluding hydrogens is 352 g/mol. The van der Waals surface area contributed by atoms with Gasteiger partial charge in [-0.25, -0.2) is 4.68 Å². The number of allylic oxidation sites excluding steroid dienone is 1. The second-order valence-corrected chi connectivity index (χ2v) is 6.75. The van der Waals surface area contributed by atoms with E-state index in [4.69, 9.17) is 10.5 Å². The Morgan fingerprint density at radius 2 is 1.82 bits per heavy atom. The lowest BCUT2D eigenvalue weighted by atomic mass is 9.82. The number of hydrogen-bond donors (Lipinski definition) is 2. The standard InChI is InChI=1S/C21H18N6O/c1-11-16(10-23)25-12(2)17(11)19-15(9-22)20(24)28-21-18(19)13(3)26-27(21)14-7-5-4-6-8-14/h4-8,19,25H,24H2,1-3H3/t19-/m1/s1. The summed E-state index contributed by atoms with van der Waals surface area (Å²) in [4.78, 5) is 3.11. The van der Waals surface area contributed by atoms with E-state index in [1.807, 2.05) is 51.1 Å². The molecule has 0 fully saturated rings. The SMILES string of the molecule is Cc1nn(-c2ccccc2)c2c1[C@@H](c1c(C)[nH]c(C#N)c1C)C(C#N)=C(N)O2. The maximum atomic E-state index is 9.81. The van der Waals surface area contributed by atoms with Gasteiger partial charge in [-0.1, -0.05) is 18.2 Å². The van der Waals surface area contributed by atoms with Crippen molar-refractivity contribution in [2.75, 3.05) is 0 Å². The zero-order chi connectivity index (χ0) is 20.0. The highest BCUT2D eigenvalue weighted by atomic mass is 16.5. The summed E-state index contributed by atoms with van der Waals surface area (Å²) in [7, 11) is 0. The second-order valence-electron chi connectivity index (χ2n) is 6.75. The van der Waals surface area contributed by atoms with Crippen molar-refractivity contribution in [3.63, 3.8) is 0 Å². The predicted octanol–water partition coefficient (Wildman–Crippen LogP) is 3.22. The van der Waals surface area contributed by atoms with E-state index >= 15 is 0 Å². The molecular formula is C21H18N6O. The number of fused-ring (bicyclic) bond motifs is 1. The quantitative estimate of drug-likeness (QED) is 0.718. The monoisotopic (exact) mass is 370 g/mol. The molecule has 1 aliphatic rings. The average Bonchev–Trinajstić information content (AvgIpc) is 3.17. The fourth-order valence-corrected chi connectivity index (χ4v) is 3.86. The van der Waals surface area contributed by atoms with Crippen molar-refractivity contribution >= 4 is 0 Å². The molecule has 1 aromatic carbocycles. The number of rotatable bonds is 2. The van der Waals surface area contributed by atoms with Crippen LogP contribution < -0.4 is 10.5 Å². The van der Waals surface area contributed by atoms with Crippen LogP contribution in [0.4, 0.5) is 0 Å². The van der Waals surface area contributed by atoms with Crippen molar-refractivity contribution in [3.05, 3.63) is 75.6 Å². The summed E-state index contributed by atoms with van der Waals surface area (Å²) in [6, 6.07) is 14.0. The van der Waals surface area contributed by atoms with Gasteiger partial charge < -0.3 is 15.5 Å². The van der Waals surface area contributed by atoms with Crippen molar-refractivity contribution in [2.24, 2.45) is 5.73 Å². The summed E-state index contributed by atoms with van der Waals surface area (Å²) in [5.74, 6) is 0.0869. The molecule has 0 saturated heterocycles. The zero-order valence-electron chi connectivity index (χ0n) is 15.7. The Kier molecular flexibility index (Phi) is 3.94. The normalized spacial score (nSPS) is 15.5. The lowest BCUT2D eigenvalue weighted by Gasteiger charge is -2.25. The van der Waals surface area contributed by atoms with E-state index in [2.05, 4.69) is 22.2 Å². The number of aromatic nitrogens is 3. The number of nitrogens with two attached hydrogens (primary N) is 1. The molecule has 7 nitrogen and oxygen atoms in total. The Bertz CT molecular complexity index is 1200. The molecule has 1 atom stereocenters. The first-order valence-corrected chi connectivity index (χ1v) is 8.79. The van der Waals surface area contributed by atoms with Crippen LogP contribution in [0.25, 0.3) is 5.69 Å². The molecule has 0 unspecified atom stereocenters. The number of para-hydroxylation sites is 1. The minimum atomic E-state index is -0.454. The van der Waals surface area contributed by atoms with Gasteiger partial charge >= 0.3 is 0 Å². The van der Waals surface area contributed by atoms with Crippen molar-refractivity contribution in [1.82, 2.24) is 14.8 Å². The summed E-state index contributed by atoms with van der Waals surface area (Å²) in [6.45, 7) is 5.64. The molecule has 138 valence electrons. The third-order valence-electron chi connectivity index (χ3n) is 5.13. The molecule has 3 aromatic rings. The summed E-state index contributed by atoms with van der Waals surface area (Å²) in [5.41, 5.74) is 11.8. The van der Waals surface area contributed by atoms with Gasteiger partial charge in [-0.05, 0) is 44.0 Å². The van der Waals surface area contributed by atoms with E-state index in [1.54, 1.807) is 4.68 Å². The van der Waals surface area contributed by atoms with Crippen LogP contribution in [-0.4, -0.2) is 14.8 Å². The minimum absolute atomic E-state index is 0.0515. The van der Waals surface area contributed by atoms with Crippen molar-refractivity contribution in [2.45, 2.75) is 26.7 Å². The van der Waals surface area contributed by atoms with E-state index < -0.39 is 5.92 Å². The Hall–Kier alpha value is -3.97. The van der Waals surface area contributed by atoms with Gasteiger partial charge in [-0.3, -0.25) is 0 Å². The molecule has 7 heteroatoms. The molecule has 0 amide bonds. The number of nitrogens with one attached hydrogen (secondary N) is 1. The first-order valence-electron chi connectivity index (χ1n) is 8.79. The number of ether oxygens (including phenoxy) is 1. The van der Waals surface area contributed by atoms with Gasteiger partial charge in [0, 0.05) is 5.69 Å². The van der Waals surface area contributed by atoms with Crippen LogP contribution in [-0.2, 0) is 0 Å². The van der Waals surface area contributed by atoms with Crippen LogP contribution in [0.1, 0.15) is 39.7 Å². The highest BCUT2D eigenvalue weighted by Gasteiger charge is 2.38. The number of nitriles is 2. The number of hydrogen-bond acceptors (Lipinski definition) is 5. The van der Waals surface area contributed by atoms with Crippen LogP contribution in [0.5, 0.6) is 5.88 Å². The number of aromatic amines is 1. The first kappa shape index (κ1) is 17.4. The van der Waals surface area contributed by atoms with Crippen molar-refractivity contribution in [3.8, 4) is 23.7 Å². The van der Waals surface area contributed by atoms with Crippen LogP contribution in [0.15, 0.2) is 41.8 Å². The van der Waals surface area contributed by atoms with Gasteiger partial charge in [0.2, 0.25) is 11.8 Å². The average molecular weight is 370 g/mol. The molecule has 0 spiro atoms. The zero-order valence-corrected chi connectivity index (χ0v) is 15.7. The maximum Gasteiger partial charge on any atom is 0.229 e. The fraction of sp³-hybridized carbons (Fsp3) is 0.190. The summed E-state index contributed by atoms with van der Waals surface area (Å²) >= 11 is 0. The van der Waals surface area contributed by atoms with E-state index in [0.29, 0.717) is 17.1 Å². The van der Waals surface area contributed by atoms with E-state index in [9.17, 15) is 10.5 Å². The molecule has 28 heavy (non-hydrogen) atoms. The van der Waals surface area contributed by atoms with Gasteiger partial charge in [-0.15, -0.1) is 0 Å². The molecule has 1 aliphatic heterocycles. The Balaban J connectivity index is 2.02. The minimum Gasteiger partial charge on any atom is -0.422 e. The second kappa shape index (κ2) is 6.33. The Morgan fingerprint density at radius 3 is 2.43 bits per heavy atom. The molecule has 3 N–H and O–H groups in total. The predicted molar refractivity (Wildman–Crippen MR) is 103 cm³/mol. The molecule has 4 rings (SSSR count). The van der Waals surface area contributed by atoms with Gasteiger partial charge in [-0.2, -0.15) is 15.6 Å². The van der Waals surface area contributed by atoms with Crippen LogP contribution in [0.3, 0.4) is 0 Å². The van der Waals surface area contributed by atoms with E-state index in [-0.39, 0.29) is 5.88 Å². The molecule has 2 aromatic heterocycles. The molecule has 0 aliphatic carbocycles. The number of benzene rings is 1. The largest absolute Gasteiger partial charge is 0.422 e. The van der Waals surface area contributed by atoms with Gasteiger partial charge in [0.15, 0.2) is 0 Å². The lowest BCUT2D eigenvalue weighted by molar-refractivity contribution is 0.367. The van der Waals surface area contributed by atoms with Gasteiger partial charge in [0.05, 0.1) is 22.9 Å². The van der Waals surface area contributed by atoms with Crippen LogP contribution in [0, 0.1) is 43.4 Å². The van der Waals surface area contributed by atoms with E-state index in [0.717, 1.165) is 33.8 Å². The fourth-order valence-electron chi connectivity index (χ4n) is 3.86. The van der Waals surface area contributed by atoms with Crippen molar-refractivity contribution in [1.29, 1.82) is 10.5 Å². The maximum absolute atomic E-state index is 9.81. The molecule has 0 saturated carbocycles. The lowest BCUT2D eigenvalue weighted by Crippen LogP contribution is -2.22. The summed E-state index contributed by atoms with van der Waals surface area (Å²) in [6.07, 6.45) is 0.